The van der Waals surface area contributed by atoms with Gasteiger partial charge in [-0.2, -0.15) is 0 Å². The van der Waals surface area contributed by atoms with Crippen LogP contribution in [0.25, 0.3) is 0 Å². The summed E-state index contributed by atoms with van der Waals surface area (Å²) in [5.41, 5.74) is 5.47. The van der Waals surface area contributed by atoms with Crippen molar-refractivity contribution in [3.05, 3.63) is 0 Å². The van der Waals surface area contributed by atoms with Crippen LogP contribution < -0.4 is 16.4 Å². The van der Waals surface area contributed by atoms with E-state index >= 15 is 0 Å². The molecule has 0 aromatic rings. The van der Waals surface area contributed by atoms with Gasteiger partial charge in [0.1, 0.15) is 42.6 Å². The molecule has 1 heterocycles. The van der Waals surface area contributed by atoms with Gasteiger partial charge < -0.3 is 46.6 Å². The van der Waals surface area contributed by atoms with Crippen molar-refractivity contribution in [2.24, 2.45) is 5.73 Å². The van der Waals surface area contributed by atoms with Crippen LogP contribution in [0.5, 0.6) is 0 Å². The van der Waals surface area contributed by atoms with Crippen molar-refractivity contribution >= 4 is 30.2 Å². The summed E-state index contributed by atoms with van der Waals surface area (Å²) in [5.74, 6) is -7.33. The second-order valence-corrected chi connectivity index (χ2v) is 7.12. The van der Waals surface area contributed by atoms with Crippen molar-refractivity contribution in [1.82, 2.24) is 10.6 Å². The molecule has 1 rings (SSSR count). The minimum atomic E-state index is -3.96. The van der Waals surface area contributed by atoms with E-state index < -0.39 is 85.4 Å². The molecule has 2 amide bonds. The number of aliphatic carboxylic acids is 1. The molecule has 0 radical (unpaired) electrons. The van der Waals surface area contributed by atoms with Gasteiger partial charge in [-0.25, -0.2) is 8.78 Å². The van der Waals surface area contributed by atoms with Gasteiger partial charge in [0.25, 0.3) is 5.92 Å². The first kappa shape index (κ1) is 29.3. The van der Waals surface area contributed by atoms with Crippen molar-refractivity contribution in [2.75, 3.05) is 6.61 Å². The maximum Gasteiger partial charge on any atom is 0.325 e. The van der Waals surface area contributed by atoms with E-state index in [1.54, 1.807) is 0 Å². The minimum absolute atomic E-state index is 0. The van der Waals surface area contributed by atoms with Crippen LogP contribution in [0, 0.1) is 0 Å². The molecule has 1 aliphatic rings. The van der Waals surface area contributed by atoms with Gasteiger partial charge in [0.05, 0.1) is 12.6 Å². The van der Waals surface area contributed by atoms with Crippen molar-refractivity contribution in [3.63, 3.8) is 0 Å². The summed E-state index contributed by atoms with van der Waals surface area (Å²) in [7, 11) is 0. The quantitative estimate of drug-likeness (QED) is 0.165. The number of halogens is 3. The number of carbonyl (C=O) groups excluding carboxylic acids is 2. The Labute approximate surface area is 182 Å². The lowest BCUT2D eigenvalue weighted by molar-refractivity contribution is -0.281. The number of amides is 2. The summed E-state index contributed by atoms with van der Waals surface area (Å²) in [6.45, 7) is 1.46. The Morgan fingerprint density at radius 2 is 1.55 bits per heavy atom. The Morgan fingerprint density at radius 1 is 1.03 bits per heavy atom. The van der Waals surface area contributed by atoms with Gasteiger partial charge in [-0.1, -0.05) is 0 Å². The molecule has 9 N–H and O–H groups in total. The highest BCUT2D eigenvalue weighted by atomic mass is 35.5. The van der Waals surface area contributed by atoms with Crippen LogP contribution in [0.2, 0.25) is 0 Å². The number of nitrogens with two attached hydrogens (primary N) is 1. The van der Waals surface area contributed by atoms with Gasteiger partial charge in [-0.15, -0.1) is 12.4 Å². The Kier molecular flexibility index (Phi) is 11.2. The molecule has 1 aliphatic heterocycles. The molecule has 0 unspecified atom stereocenters. The zero-order valence-corrected chi connectivity index (χ0v) is 17.5. The fourth-order valence-electron chi connectivity index (χ4n) is 2.74. The van der Waals surface area contributed by atoms with Crippen molar-refractivity contribution < 1.29 is 53.4 Å². The minimum Gasteiger partial charge on any atom is -0.480 e. The van der Waals surface area contributed by atoms with E-state index in [0.29, 0.717) is 0 Å². The van der Waals surface area contributed by atoms with Gasteiger partial charge >= 0.3 is 5.97 Å². The van der Waals surface area contributed by atoms with Gasteiger partial charge in [0, 0.05) is 6.42 Å². The summed E-state index contributed by atoms with van der Waals surface area (Å²) in [4.78, 5) is 34.6. The monoisotopic (exact) mass is 479 g/mol. The van der Waals surface area contributed by atoms with Crippen LogP contribution in [-0.4, -0.2) is 104 Å². The Balaban J connectivity index is 0.00000900. The molecule has 1 saturated heterocycles. The van der Waals surface area contributed by atoms with E-state index in [4.69, 9.17) is 20.7 Å². The van der Waals surface area contributed by atoms with Crippen molar-refractivity contribution in [2.45, 2.75) is 74.8 Å². The zero-order valence-electron chi connectivity index (χ0n) is 16.6. The maximum atomic E-state index is 14.6. The van der Waals surface area contributed by atoms with Gasteiger partial charge in [0.15, 0.2) is 0 Å². The van der Waals surface area contributed by atoms with Crippen LogP contribution in [0.1, 0.15) is 20.3 Å². The smallest absolute Gasteiger partial charge is 0.325 e. The molecule has 1 fully saturated rings. The van der Waals surface area contributed by atoms with Gasteiger partial charge in [0.2, 0.25) is 11.8 Å². The fourth-order valence-corrected chi connectivity index (χ4v) is 2.74. The molecule has 31 heavy (non-hydrogen) atoms. The highest BCUT2D eigenvalue weighted by Gasteiger charge is 2.55. The van der Waals surface area contributed by atoms with Crippen molar-refractivity contribution in [3.8, 4) is 0 Å². The summed E-state index contributed by atoms with van der Waals surface area (Å²) in [6, 6.07) is -4.41. The van der Waals surface area contributed by atoms with E-state index in [1.807, 2.05) is 0 Å². The lowest BCUT2D eigenvalue weighted by Gasteiger charge is -2.43. The maximum absolute atomic E-state index is 14.6. The van der Waals surface area contributed by atoms with Crippen LogP contribution in [-0.2, 0) is 19.1 Å². The number of hydrogen-bond acceptors (Lipinski definition) is 9. The van der Waals surface area contributed by atoms with Crippen LogP contribution >= 0.6 is 12.4 Å². The van der Waals surface area contributed by atoms with E-state index in [-0.39, 0.29) is 12.4 Å². The second kappa shape index (κ2) is 11.8. The largest absolute Gasteiger partial charge is 0.480 e. The number of carboxylic acids is 1. The zero-order chi connectivity index (χ0) is 23.4. The predicted molar refractivity (Wildman–Crippen MR) is 101 cm³/mol. The molecule has 182 valence electrons. The molecule has 0 aromatic carbocycles. The molecule has 0 aliphatic carbocycles. The highest BCUT2D eigenvalue weighted by molar-refractivity contribution is 5.91. The third-order valence-corrected chi connectivity index (χ3v) is 4.62. The van der Waals surface area contributed by atoms with Gasteiger partial charge in [-0.05, 0) is 13.8 Å². The molecule has 15 heteroatoms. The van der Waals surface area contributed by atoms with Gasteiger partial charge in [-0.3, -0.25) is 14.4 Å². The number of carboxylic acid groups (broad SMARTS) is 1. The lowest BCUT2D eigenvalue weighted by Crippen LogP contribution is -2.64. The number of alkyl halides is 2. The number of aliphatic hydroxyl groups is 4. The highest BCUT2D eigenvalue weighted by Crippen LogP contribution is 2.35. The first-order valence-electron chi connectivity index (χ1n) is 9.00. The Morgan fingerprint density at radius 3 is 2.03 bits per heavy atom. The molecule has 12 nitrogen and oxygen atoms in total. The average molecular weight is 480 g/mol. The predicted octanol–water partition coefficient (Wildman–Crippen LogP) is -3.30. The first-order chi connectivity index (χ1) is 13.7. The molecule has 0 spiro atoms. The average Bonchev–Trinajstić information content (AvgIpc) is 2.65. The van der Waals surface area contributed by atoms with E-state index in [0.717, 1.165) is 0 Å². The molecule has 0 bridgehead atoms. The number of aliphatic hydroxyl groups excluding tert-OH is 4. The first-order valence-corrected chi connectivity index (χ1v) is 9.00. The summed E-state index contributed by atoms with van der Waals surface area (Å²) < 4.78 is 33.9. The lowest BCUT2D eigenvalue weighted by atomic mass is 9.89. The number of ether oxygens (including phenoxy) is 1. The Bertz CT molecular complexity index is 643. The normalized spacial score (nSPS) is 29.1. The third-order valence-electron chi connectivity index (χ3n) is 4.62. The number of carbonyl (C=O) groups is 3. The summed E-state index contributed by atoms with van der Waals surface area (Å²) in [6.07, 6.45) is -11.4. The molecular formula is C16H28ClF2N3O9. The van der Waals surface area contributed by atoms with E-state index in [9.17, 15) is 38.5 Å². The van der Waals surface area contributed by atoms with E-state index in [2.05, 4.69) is 10.6 Å². The molecule has 8 atom stereocenters. The van der Waals surface area contributed by atoms with Crippen LogP contribution in [0.4, 0.5) is 8.78 Å². The number of rotatable bonds is 9. The molecule has 0 aromatic heterocycles. The number of hydrogen-bond donors (Lipinski definition) is 8. The summed E-state index contributed by atoms with van der Waals surface area (Å²) in [5, 5.41) is 51.1. The second-order valence-electron chi connectivity index (χ2n) is 7.12. The topological polar surface area (TPSA) is 212 Å². The fraction of sp³-hybridized carbons (Fsp3) is 0.812. The molecular weight excluding hydrogens is 452 g/mol. The van der Waals surface area contributed by atoms with Crippen molar-refractivity contribution in [1.29, 1.82) is 0 Å². The molecule has 0 saturated carbocycles. The SMILES string of the molecule is C[C@H](NC(=O)[C@H](C)NC(=O)[C@@H](N)CC(F)(F)[C@@H]1O[C@H](CO)[C@H](O)[C@H](O)[C@H]1O)C(=O)O.Cl. The van der Waals surface area contributed by atoms with Crippen LogP contribution in [0.3, 0.4) is 0 Å². The van der Waals surface area contributed by atoms with Crippen LogP contribution in [0.15, 0.2) is 0 Å². The standard InChI is InChI=1S/C16H27F2N3O9.ClH/c1-5(13(26)21-6(2)15(28)29)20-14(27)7(19)3-16(17,18)12-11(25)10(24)9(23)8(4-22)30-12;/h5-12,22-25H,3-4,19H2,1-2H3,(H,20,27)(H,21,26)(H,28,29);1H/t5-,6-,7-,8+,9-,10-,11+,12+;/m0./s1. The summed E-state index contributed by atoms with van der Waals surface area (Å²) >= 11 is 0. The third kappa shape index (κ3) is 7.45. The Hall–Kier alpha value is -1.68. The number of nitrogens with one attached hydrogen (secondary N) is 2. The van der Waals surface area contributed by atoms with E-state index in [1.165, 1.54) is 13.8 Å².